The zero-order valence-electron chi connectivity index (χ0n) is 13.1. The van der Waals surface area contributed by atoms with Gasteiger partial charge in [-0.15, -0.1) is 5.10 Å². The predicted molar refractivity (Wildman–Crippen MR) is 90.0 cm³/mol. The summed E-state index contributed by atoms with van der Waals surface area (Å²) in [5.41, 5.74) is -1.48. The molecule has 0 radical (unpaired) electrons. The highest BCUT2D eigenvalue weighted by Crippen LogP contribution is 2.41. The van der Waals surface area contributed by atoms with Gasteiger partial charge in [0.2, 0.25) is 5.16 Å². The SMILES string of the molecule is O=C(O)c1cc([N+](=O)[O-])c(Sc2nnnn2-c2ccccc2)c([N+](=O)[O-])c1. The molecular weight excluding hydrogens is 380 g/mol. The van der Waals surface area contributed by atoms with E-state index >= 15 is 0 Å². The normalized spacial score (nSPS) is 10.5. The van der Waals surface area contributed by atoms with E-state index in [4.69, 9.17) is 5.11 Å². The van der Waals surface area contributed by atoms with Crippen molar-refractivity contribution < 1.29 is 19.7 Å². The zero-order valence-corrected chi connectivity index (χ0v) is 13.9. The number of aromatic nitrogens is 4. The third-order valence-electron chi connectivity index (χ3n) is 3.33. The Morgan fingerprint density at radius 2 is 1.67 bits per heavy atom. The van der Waals surface area contributed by atoms with Gasteiger partial charge in [-0.25, -0.2) is 4.79 Å². The Morgan fingerprint density at radius 1 is 1.07 bits per heavy atom. The molecule has 0 saturated heterocycles. The van der Waals surface area contributed by atoms with Crippen molar-refractivity contribution in [1.29, 1.82) is 0 Å². The van der Waals surface area contributed by atoms with Gasteiger partial charge in [-0.05, 0) is 34.3 Å². The molecule has 0 amide bonds. The number of benzene rings is 2. The molecule has 12 nitrogen and oxygen atoms in total. The quantitative estimate of drug-likeness (QED) is 0.488. The van der Waals surface area contributed by atoms with Crippen molar-refractivity contribution in [2.24, 2.45) is 0 Å². The Hall–Kier alpha value is -3.87. The van der Waals surface area contributed by atoms with E-state index in [2.05, 4.69) is 15.5 Å². The summed E-state index contributed by atoms with van der Waals surface area (Å²) >= 11 is 0.597. The van der Waals surface area contributed by atoms with Crippen molar-refractivity contribution in [3.8, 4) is 5.69 Å². The highest BCUT2D eigenvalue weighted by molar-refractivity contribution is 7.99. The molecule has 1 N–H and O–H groups in total. The number of hydrogen-bond donors (Lipinski definition) is 1. The summed E-state index contributed by atoms with van der Waals surface area (Å²) in [4.78, 5) is 31.7. The fourth-order valence-corrected chi connectivity index (χ4v) is 3.13. The summed E-state index contributed by atoms with van der Waals surface area (Å²) in [5, 5.41) is 42.9. The van der Waals surface area contributed by atoms with Gasteiger partial charge in [0.15, 0.2) is 4.90 Å². The number of rotatable bonds is 6. The molecule has 2 aromatic carbocycles. The summed E-state index contributed by atoms with van der Waals surface area (Å²) < 4.78 is 1.25. The van der Waals surface area contributed by atoms with Gasteiger partial charge < -0.3 is 5.11 Å². The minimum Gasteiger partial charge on any atom is -0.478 e. The molecule has 1 heterocycles. The number of para-hydroxylation sites is 1. The fraction of sp³-hybridized carbons (Fsp3) is 0. The Labute approximate surface area is 153 Å². The molecule has 0 unspecified atom stereocenters. The Morgan fingerprint density at radius 3 is 2.19 bits per heavy atom. The van der Waals surface area contributed by atoms with Crippen molar-refractivity contribution in [3.63, 3.8) is 0 Å². The first-order chi connectivity index (χ1) is 12.9. The number of nitro groups is 2. The van der Waals surface area contributed by atoms with Crippen molar-refractivity contribution in [1.82, 2.24) is 20.2 Å². The molecule has 1 aromatic heterocycles. The van der Waals surface area contributed by atoms with Crippen molar-refractivity contribution in [2.45, 2.75) is 10.1 Å². The number of tetrazole rings is 1. The molecule has 0 bridgehead atoms. The predicted octanol–water partition coefficient (Wildman–Crippen LogP) is 2.33. The van der Waals surface area contributed by atoms with E-state index in [-0.39, 0.29) is 10.1 Å². The van der Waals surface area contributed by atoms with Crippen LogP contribution in [0, 0.1) is 20.2 Å². The van der Waals surface area contributed by atoms with Gasteiger partial charge in [0.25, 0.3) is 11.4 Å². The van der Waals surface area contributed by atoms with Crippen molar-refractivity contribution in [3.05, 3.63) is 68.3 Å². The van der Waals surface area contributed by atoms with Gasteiger partial charge in [0, 0.05) is 12.1 Å². The number of aromatic carboxylic acids is 1. The molecular formula is C14H8N6O6S. The molecule has 0 aliphatic heterocycles. The summed E-state index contributed by atoms with van der Waals surface area (Å²) in [6.07, 6.45) is 0. The highest BCUT2D eigenvalue weighted by atomic mass is 32.2. The molecule has 0 aliphatic carbocycles. The second-order valence-corrected chi connectivity index (χ2v) is 5.95. The van der Waals surface area contributed by atoms with Crippen LogP contribution >= 0.6 is 11.8 Å². The van der Waals surface area contributed by atoms with Crippen LogP contribution in [0.15, 0.2) is 52.5 Å². The van der Waals surface area contributed by atoms with Gasteiger partial charge >= 0.3 is 5.97 Å². The number of nitro benzene ring substituents is 2. The number of carbonyl (C=O) groups is 1. The molecule has 0 fully saturated rings. The summed E-state index contributed by atoms with van der Waals surface area (Å²) in [5.74, 6) is -1.52. The minimum atomic E-state index is -1.52. The number of carboxylic acid groups (broad SMARTS) is 1. The van der Waals surface area contributed by atoms with E-state index < -0.39 is 32.8 Å². The van der Waals surface area contributed by atoms with Crippen LogP contribution in [-0.2, 0) is 0 Å². The standard InChI is InChI=1S/C14H8N6O6S/c21-13(22)8-6-10(19(23)24)12(11(7-8)20(25)26)27-14-15-16-17-18(14)9-4-2-1-3-5-9/h1-7H,(H,21,22). The molecule has 136 valence electrons. The smallest absolute Gasteiger partial charge is 0.336 e. The molecule has 3 aromatic rings. The Balaban J connectivity index is 2.16. The first-order valence-electron chi connectivity index (χ1n) is 7.10. The maximum atomic E-state index is 11.4. The fourth-order valence-electron chi connectivity index (χ4n) is 2.16. The average Bonchev–Trinajstić information content (AvgIpc) is 3.10. The topological polar surface area (TPSA) is 167 Å². The molecule has 27 heavy (non-hydrogen) atoms. The van der Waals surface area contributed by atoms with E-state index in [1.165, 1.54) is 4.68 Å². The molecule has 3 rings (SSSR count). The van der Waals surface area contributed by atoms with Crippen molar-refractivity contribution in [2.75, 3.05) is 0 Å². The lowest BCUT2D eigenvalue weighted by molar-refractivity contribution is -0.399. The average molecular weight is 388 g/mol. The van der Waals surface area contributed by atoms with Crippen LogP contribution in [0.1, 0.15) is 10.4 Å². The molecule has 0 atom stereocenters. The number of hydrogen-bond acceptors (Lipinski definition) is 9. The van der Waals surface area contributed by atoms with E-state index in [0.29, 0.717) is 17.4 Å². The lowest BCUT2D eigenvalue weighted by atomic mass is 10.2. The molecule has 0 saturated carbocycles. The first kappa shape index (κ1) is 17.9. The number of nitrogens with zero attached hydrogens (tertiary/aromatic N) is 6. The summed E-state index contributed by atoms with van der Waals surface area (Å²) in [6.45, 7) is 0. The molecule has 0 spiro atoms. The van der Waals surface area contributed by atoms with Crippen LogP contribution in [0.3, 0.4) is 0 Å². The molecule has 0 aliphatic rings. The molecule has 13 heteroatoms. The maximum Gasteiger partial charge on any atom is 0.336 e. The van der Waals surface area contributed by atoms with Crippen LogP contribution in [0.2, 0.25) is 0 Å². The van der Waals surface area contributed by atoms with Crippen LogP contribution in [-0.4, -0.2) is 41.1 Å². The maximum absolute atomic E-state index is 11.4. The van der Waals surface area contributed by atoms with E-state index in [9.17, 15) is 25.0 Å². The van der Waals surface area contributed by atoms with Crippen LogP contribution in [0.25, 0.3) is 5.69 Å². The van der Waals surface area contributed by atoms with Gasteiger partial charge in [0.1, 0.15) is 0 Å². The van der Waals surface area contributed by atoms with E-state index in [1.807, 2.05) is 0 Å². The third kappa shape index (κ3) is 3.57. The minimum absolute atomic E-state index is 0.0375. The summed E-state index contributed by atoms with van der Waals surface area (Å²) in [6, 6.07) is 10.1. The monoisotopic (exact) mass is 388 g/mol. The Bertz CT molecular complexity index is 1020. The van der Waals surface area contributed by atoms with Crippen LogP contribution in [0.5, 0.6) is 0 Å². The third-order valence-corrected chi connectivity index (χ3v) is 4.38. The zero-order chi connectivity index (χ0) is 19.6. The van der Waals surface area contributed by atoms with Gasteiger partial charge in [-0.1, -0.05) is 18.2 Å². The number of carboxylic acids is 1. The largest absolute Gasteiger partial charge is 0.478 e. The second kappa shape index (κ2) is 7.17. The van der Waals surface area contributed by atoms with Crippen LogP contribution < -0.4 is 0 Å². The Kier molecular flexibility index (Phi) is 4.76. The van der Waals surface area contributed by atoms with E-state index in [0.717, 1.165) is 12.1 Å². The van der Waals surface area contributed by atoms with Gasteiger partial charge in [-0.2, -0.15) is 4.68 Å². The van der Waals surface area contributed by atoms with Crippen molar-refractivity contribution >= 4 is 29.1 Å². The van der Waals surface area contributed by atoms with Crippen LogP contribution in [0.4, 0.5) is 11.4 Å². The second-order valence-electron chi connectivity index (χ2n) is 4.97. The summed E-state index contributed by atoms with van der Waals surface area (Å²) in [7, 11) is 0. The van der Waals surface area contributed by atoms with E-state index in [1.54, 1.807) is 30.3 Å². The highest BCUT2D eigenvalue weighted by Gasteiger charge is 2.31. The van der Waals surface area contributed by atoms with Gasteiger partial charge in [0.05, 0.1) is 21.1 Å². The lowest BCUT2D eigenvalue weighted by Gasteiger charge is -2.06. The lowest BCUT2D eigenvalue weighted by Crippen LogP contribution is -2.04. The van der Waals surface area contributed by atoms with Gasteiger partial charge in [-0.3, -0.25) is 20.2 Å². The first-order valence-corrected chi connectivity index (χ1v) is 7.92.